The first kappa shape index (κ1) is 24.5. The number of fused-ring (bicyclic) bond motifs is 3. The third-order valence-corrected chi connectivity index (χ3v) is 8.50. The molecule has 0 saturated carbocycles. The maximum absolute atomic E-state index is 3.78. The fourth-order valence-corrected chi connectivity index (χ4v) is 6.64. The van der Waals surface area contributed by atoms with Gasteiger partial charge in [0.2, 0.25) is 0 Å². The predicted molar refractivity (Wildman–Crippen MR) is 178 cm³/mol. The summed E-state index contributed by atoms with van der Waals surface area (Å²) in [6.45, 7) is 0.793. The largest absolute Gasteiger partial charge is 0.360 e. The molecule has 7 aromatic rings. The minimum Gasteiger partial charge on any atom is -0.360 e. The Bertz CT molecular complexity index is 2030. The molecule has 0 aliphatic carbocycles. The Hall–Kier alpha value is -5.34. The number of benzene rings is 7. The zero-order valence-corrected chi connectivity index (χ0v) is 23.2. The lowest BCUT2D eigenvalue weighted by Gasteiger charge is -2.28. The summed E-state index contributed by atoms with van der Waals surface area (Å²) in [5, 5.41) is 8.90. The van der Waals surface area contributed by atoms with Crippen molar-refractivity contribution < 1.29 is 0 Å². The molecule has 0 bridgehead atoms. The normalized spacial score (nSPS) is 14.2. The van der Waals surface area contributed by atoms with Crippen molar-refractivity contribution in [3.8, 4) is 22.3 Å². The minimum atomic E-state index is 0.0735. The van der Waals surface area contributed by atoms with E-state index in [-0.39, 0.29) is 6.17 Å². The molecule has 0 saturated heterocycles. The van der Waals surface area contributed by atoms with Gasteiger partial charge in [-0.25, -0.2) is 0 Å². The highest BCUT2D eigenvalue weighted by molar-refractivity contribution is 6.21. The Kier molecular flexibility index (Phi) is 5.97. The van der Waals surface area contributed by atoms with Gasteiger partial charge < -0.3 is 10.2 Å². The van der Waals surface area contributed by atoms with E-state index in [1.807, 2.05) is 0 Å². The van der Waals surface area contributed by atoms with Crippen molar-refractivity contribution in [3.63, 3.8) is 0 Å². The summed E-state index contributed by atoms with van der Waals surface area (Å²) < 4.78 is 0. The molecule has 0 amide bonds. The Balaban J connectivity index is 1.35. The molecule has 42 heavy (non-hydrogen) atoms. The van der Waals surface area contributed by atoms with E-state index in [9.17, 15) is 0 Å². The van der Waals surface area contributed by atoms with E-state index in [0.717, 1.165) is 6.54 Å². The average Bonchev–Trinajstić information content (AvgIpc) is 3.43. The molecule has 2 heteroatoms. The van der Waals surface area contributed by atoms with Crippen LogP contribution in [0.25, 0.3) is 43.8 Å². The number of nitrogens with zero attached hydrogens (tertiary/aromatic N) is 1. The second kappa shape index (κ2) is 10.2. The molecule has 1 aliphatic heterocycles. The Morgan fingerprint density at radius 1 is 0.476 bits per heavy atom. The van der Waals surface area contributed by atoms with E-state index in [1.165, 1.54) is 66.3 Å². The van der Waals surface area contributed by atoms with E-state index in [0.29, 0.717) is 0 Å². The number of hydrogen-bond donors (Lipinski definition) is 1. The zero-order valence-electron chi connectivity index (χ0n) is 23.2. The third kappa shape index (κ3) is 4.12. The van der Waals surface area contributed by atoms with Gasteiger partial charge in [0.15, 0.2) is 0 Å². The molecule has 0 spiro atoms. The maximum Gasteiger partial charge on any atom is 0.126 e. The van der Waals surface area contributed by atoms with Crippen LogP contribution in [0.15, 0.2) is 158 Å². The van der Waals surface area contributed by atoms with Crippen LogP contribution in [0.5, 0.6) is 0 Å². The van der Waals surface area contributed by atoms with Crippen molar-refractivity contribution in [3.05, 3.63) is 169 Å². The van der Waals surface area contributed by atoms with Gasteiger partial charge in [0.05, 0.1) is 11.4 Å². The Labute approximate surface area is 246 Å². The van der Waals surface area contributed by atoms with Gasteiger partial charge in [0, 0.05) is 6.54 Å². The first-order valence-electron chi connectivity index (χ1n) is 14.6. The molecule has 1 N–H and O–H groups in total. The van der Waals surface area contributed by atoms with E-state index >= 15 is 0 Å². The van der Waals surface area contributed by atoms with Crippen LogP contribution < -0.4 is 10.2 Å². The van der Waals surface area contributed by atoms with Gasteiger partial charge in [-0.05, 0) is 73.1 Å². The molecule has 200 valence electrons. The van der Waals surface area contributed by atoms with Gasteiger partial charge in [-0.1, -0.05) is 140 Å². The fourth-order valence-electron chi connectivity index (χ4n) is 6.64. The van der Waals surface area contributed by atoms with Gasteiger partial charge in [-0.3, -0.25) is 0 Å². The van der Waals surface area contributed by atoms with Crippen LogP contribution in [0.2, 0.25) is 0 Å². The second-order valence-electron chi connectivity index (χ2n) is 11.0. The first-order chi connectivity index (χ1) is 20.8. The van der Waals surface area contributed by atoms with Crippen molar-refractivity contribution in [2.75, 3.05) is 10.2 Å². The van der Waals surface area contributed by atoms with Crippen LogP contribution >= 0.6 is 0 Å². The second-order valence-corrected chi connectivity index (χ2v) is 11.0. The summed E-state index contributed by atoms with van der Waals surface area (Å²) in [4.78, 5) is 2.49. The van der Waals surface area contributed by atoms with E-state index < -0.39 is 0 Å². The number of rotatable bonds is 5. The Morgan fingerprint density at radius 2 is 1.00 bits per heavy atom. The number of anilines is 2. The summed E-state index contributed by atoms with van der Waals surface area (Å²) in [7, 11) is 0. The standard InChI is InChI=1S/C40H30N2/c1-4-14-29(15-5-1)38-32-20-10-11-21-33(32)39(30-16-6-2-7-17-30)35-26-28(24-25-34(35)38)27-42-37-23-13-12-22-36(37)41-40(42)31-18-8-3-9-19-31/h1-26,40-41H,27H2. The molecule has 0 radical (unpaired) electrons. The molecule has 7 aromatic carbocycles. The highest BCUT2D eigenvalue weighted by Gasteiger charge is 2.29. The molecular weight excluding hydrogens is 508 g/mol. The third-order valence-electron chi connectivity index (χ3n) is 8.50. The van der Waals surface area contributed by atoms with Crippen LogP contribution in [0, 0.1) is 0 Å². The SMILES string of the molecule is c1ccc(-c2c3ccccc3c(-c3ccccc3)c3cc(CN4c5ccccc5NC4c4ccccc4)ccc23)cc1. The maximum atomic E-state index is 3.78. The van der Waals surface area contributed by atoms with Crippen molar-refractivity contribution in [1.82, 2.24) is 0 Å². The molecule has 1 heterocycles. The molecule has 0 fully saturated rings. The zero-order chi connectivity index (χ0) is 27.9. The summed E-state index contributed by atoms with van der Waals surface area (Å²) in [6, 6.07) is 57.0. The number of nitrogens with one attached hydrogen (secondary N) is 1. The molecule has 0 aromatic heterocycles. The van der Waals surface area contributed by atoms with Crippen LogP contribution in [0.1, 0.15) is 17.3 Å². The van der Waals surface area contributed by atoms with E-state index in [4.69, 9.17) is 0 Å². The molecular formula is C40H30N2. The van der Waals surface area contributed by atoms with Crippen LogP contribution in [0.4, 0.5) is 11.4 Å². The van der Waals surface area contributed by atoms with Gasteiger partial charge in [0.1, 0.15) is 6.17 Å². The lowest BCUT2D eigenvalue weighted by atomic mass is 9.85. The topological polar surface area (TPSA) is 15.3 Å². The quantitative estimate of drug-likeness (QED) is 0.219. The summed E-state index contributed by atoms with van der Waals surface area (Å²) in [6.07, 6.45) is 0.0735. The first-order valence-corrected chi connectivity index (χ1v) is 14.6. The molecule has 2 nitrogen and oxygen atoms in total. The van der Waals surface area contributed by atoms with Crippen molar-refractivity contribution in [1.29, 1.82) is 0 Å². The smallest absolute Gasteiger partial charge is 0.126 e. The van der Waals surface area contributed by atoms with Crippen molar-refractivity contribution >= 4 is 32.9 Å². The van der Waals surface area contributed by atoms with Gasteiger partial charge >= 0.3 is 0 Å². The van der Waals surface area contributed by atoms with E-state index in [1.54, 1.807) is 0 Å². The molecule has 1 aliphatic rings. The number of hydrogen-bond acceptors (Lipinski definition) is 2. The van der Waals surface area contributed by atoms with Crippen LogP contribution in [-0.4, -0.2) is 0 Å². The highest BCUT2D eigenvalue weighted by Crippen LogP contribution is 2.45. The van der Waals surface area contributed by atoms with Gasteiger partial charge in [-0.2, -0.15) is 0 Å². The lowest BCUT2D eigenvalue weighted by Crippen LogP contribution is -2.27. The highest BCUT2D eigenvalue weighted by atomic mass is 15.3. The average molecular weight is 539 g/mol. The van der Waals surface area contributed by atoms with Crippen LogP contribution in [0.3, 0.4) is 0 Å². The summed E-state index contributed by atoms with van der Waals surface area (Å²) in [5.41, 5.74) is 10.0. The Morgan fingerprint density at radius 3 is 1.67 bits per heavy atom. The van der Waals surface area contributed by atoms with Gasteiger partial charge in [-0.15, -0.1) is 0 Å². The van der Waals surface area contributed by atoms with Gasteiger partial charge in [0.25, 0.3) is 0 Å². The fraction of sp³-hybridized carbons (Fsp3) is 0.0500. The lowest BCUT2D eigenvalue weighted by molar-refractivity contribution is 0.713. The van der Waals surface area contributed by atoms with Crippen molar-refractivity contribution in [2.45, 2.75) is 12.7 Å². The predicted octanol–water partition coefficient (Wildman–Crippen LogP) is 10.5. The molecule has 8 rings (SSSR count). The summed E-state index contributed by atoms with van der Waals surface area (Å²) >= 11 is 0. The molecule has 1 unspecified atom stereocenters. The molecule has 1 atom stereocenters. The van der Waals surface area contributed by atoms with Crippen LogP contribution in [-0.2, 0) is 6.54 Å². The minimum absolute atomic E-state index is 0.0735. The van der Waals surface area contributed by atoms with Crippen molar-refractivity contribution in [2.24, 2.45) is 0 Å². The van der Waals surface area contributed by atoms with E-state index in [2.05, 4.69) is 168 Å². The monoisotopic (exact) mass is 538 g/mol. The number of para-hydroxylation sites is 2. The summed E-state index contributed by atoms with van der Waals surface area (Å²) in [5.74, 6) is 0.